The lowest BCUT2D eigenvalue weighted by molar-refractivity contribution is -0.124. The highest BCUT2D eigenvalue weighted by atomic mass is 32.2. The van der Waals surface area contributed by atoms with Crippen molar-refractivity contribution in [2.75, 3.05) is 11.6 Å². The molecule has 0 aromatic heterocycles. The molecular weight excluding hydrogens is 484 g/mol. The van der Waals surface area contributed by atoms with E-state index in [0.29, 0.717) is 37.8 Å². The van der Waals surface area contributed by atoms with Crippen molar-refractivity contribution in [3.63, 3.8) is 0 Å². The molecule has 0 heterocycles. The quantitative estimate of drug-likeness (QED) is 0.454. The standard InChI is InChI=1S/C21H20F4N2O4S2/c1-33(30,31)27-21(29)11-2-5-14(6-3-11)32-18-8-12(4-7-15(18)22)20(28)26-13-9-16(23)19(25)17(24)10-13/h4,7-11,14H,2-3,5-6H2,1H3,(H,26,28)(H,27,29). The third-order valence-electron chi connectivity index (χ3n) is 5.06. The number of thioether (sulfide) groups is 1. The smallest absolute Gasteiger partial charge is 0.255 e. The van der Waals surface area contributed by atoms with E-state index in [1.165, 1.54) is 23.9 Å². The molecule has 2 amide bonds. The van der Waals surface area contributed by atoms with Crippen molar-refractivity contribution in [2.24, 2.45) is 5.92 Å². The van der Waals surface area contributed by atoms with Gasteiger partial charge in [0.2, 0.25) is 15.9 Å². The first-order valence-electron chi connectivity index (χ1n) is 9.86. The number of amides is 2. The predicted octanol–water partition coefficient (Wildman–Crippen LogP) is 4.22. The zero-order valence-corrected chi connectivity index (χ0v) is 19.0. The van der Waals surface area contributed by atoms with Crippen LogP contribution in [0.15, 0.2) is 35.2 Å². The van der Waals surface area contributed by atoms with Gasteiger partial charge in [-0.15, -0.1) is 11.8 Å². The van der Waals surface area contributed by atoms with E-state index >= 15 is 0 Å². The molecule has 0 unspecified atom stereocenters. The number of anilines is 1. The zero-order valence-electron chi connectivity index (χ0n) is 17.3. The molecule has 2 aromatic rings. The molecule has 2 N–H and O–H groups in total. The minimum atomic E-state index is -3.64. The van der Waals surface area contributed by atoms with E-state index in [1.54, 1.807) is 0 Å². The Bertz CT molecular complexity index is 1160. The number of halogens is 4. The molecule has 33 heavy (non-hydrogen) atoms. The largest absolute Gasteiger partial charge is 0.322 e. The van der Waals surface area contributed by atoms with Crippen molar-refractivity contribution in [1.82, 2.24) is 4.72 Å². The number of hydrogen-bond acceptors (Lipinski definition) is 5. The molecule has 0 atom stereocenters. The van der Waals surface area contributed by atoms with Gasteiger partial charge in [-0.2, -0.15) is 0 Å². The van der Waals surface area contributed by atoms with Gasteiger partial charge in [-0.3, -0.25) is 14.3 Å². The molecule has 1 saturated carbocycles. The van der Waals surface area contributed by atoms with Crippen LogP contribution in [-0.2, 0) is 14.8 Å². The number of carbonyl (C=O) groups excluding carboxylic acids is 2. The molecule has 0 spiro atoms. The topological polar surface area (TPSA) is 92.3 Å². The number of sulfonamides is 1. The highest BCUT2D eigenvalue weighted by Crippen LogP contribution is 2.37. The lowest BCUT2D eigenvalue weighted by atomic mass is 9.88. The van der Waals surface area contributed by atoms with Crippen molar-refractivity contribution < 1.29 is 35.6 Å². The first-order valence-corrected chi connectivity index (χ1v) is 12.6. The highest BCUT2D eigenvalue weighted by Gasteiger charge is 2.29. The van der Waals surface area contributed by atoms with E-state index in [2.05, 4.69) is 5.32 Å². The Labute approximate surface area is 192 Å². The summed E-state index contributed by atoms with van der Waals surface area (Å²) in [5.41, 5.74) is -0.258. The van der Waals surface area contributed by atoms with Crippen molar-refractivity contribution in [2.45, 2.75) is 35.8 Å². The second kappa shape index (κ2) is 10.1. The fourth-order valence-electron chi connectivity index (χ4n) is 3.45. The van der Waals surface area contributed by atoms with Crippen molar-refractivity contribution in [3.05, 3.63) is 59.2 Å². The van der Waals surface area contributed by atoms with Crippen LogP contribution in [0, 0.1) is 29.2 Å². The molecule has 3 rings (SSSR count). The van der Waals surface area contributed by atoms with Crippen LogP contribution in [-0.4, -0.2) is 31.7 Å². The van der Waals surface area contributed by atoms with Gasteiger partial charge in [-0.05, 0) is 43.9 Å². The third kappa shape index (κ3) is 6.70. The van der Waals surface area contributed by atoms with E-state index in [-0.39, 0.29) is 21.4 Å². The molecule has 1 aliphatic rings. The summed E-state index contributed by atoms with van der Waals surface area (Å²) < 4.78 is 78.5. The van der Waals surface area contributed by atoms with Crippen LogP contribution in [0.3, 0.4) is 0 Å². The Morgan fingerprint density at radius 1 is 0.939 bits per heavy atom. The van der Waals surface area contributed by atoms with Crippen molar-refractivity contribution >= 4 is 39.3 Å². The van der Waals surface area contributed by atoms with Crippen molar-refractivity contribution in [3.8, 4) is 0 Å². The maximum absolute atomic E-state index is 14.3. The minimum absolute atomic E-state index is 0.0326. The van der Waals surface area contributed by atoms with E-state index in [4.69, 9.17) is 0 Å². The Morgan fingerprint density at radius 2 is 1.55 bits per heavy atom. The van der Waals surface area contributed by atoms with Crippen LogP contribution >= 0.6 is 11.8 Å². The van der Waals surface area contributed by atoms with Crippen LogP contribution in [0.1, 0.15) is 36.0 Å². The predicted molar refractivity (Wildman–Crippen MR) is 115 cm³/mol. The summed E-state index contributed by atoms with van der Waals surface area (Å²) in [4.78, 5) is 24.6. The van der Waals surface area contributed by atoms with Gasteiger partial charge in [0.25, 0.3) is 5.91 Å². The molecule has 0 bridgehead atoms. The number of nitrogens with one attached hydrogen (secondary N) is 2. The Hall–Kier alpha value is -2.60. The van der Waals surface area contributed by atoms with E-state index in [1.807, 2.05) is 4.72 Å². The van der Waals surface area contributed by atoms with Gasteiger partial charge in [0.1, 0.15) is 5.82 Å². The molecule has 6 nitrogen and oxygen atoms in total. The minimum Gasteiger partial charge on any atom is -0.322 e. The Morgan fingerprint density at radius 3 is 2.12 bits per heavy atom. The number of carbonyl (C=O) groups is 2. The number of benzene rings is 2. The van der Waals surface area contributed by atoms with Gasteiger partial charge in [-0.25, -0.2) is 26.0 Å². The molecule has 1 aliphatic carbocycles. The lowest BCUT2D eigenvalue weighted by Crippen LogP contribution is -2.36. The fraction of sp³-hybridized carbons (Fsp3) is 0.333. The Kier molecular flexibility index (Phi) is 7.68. The van der Waals surface area contributed by atoms with Crippen LogP contribution in [0.5, 0.6) is 0 Å². The summed E-state index contributed by atoms with van der Waals surface area (Å²) in [6, 6.07) is 4.86. The summed E-state index contributed by atoms with van der Waals surface area (Å²) in [6.45, 7) is 0. The number of hydrogen-bond donors (Lipinski definition) is 2. The van der Waals surface area contributed by atoms with Gasteiger partial charge >= 0.3 is 0 Å². The summed E-state index contributed by atoms with van der Waals surface area (Å²) in [7, 11) is -3.64. The molecule has 1 fully saturated rings. The molecule has 0 saturated heterocycles. The molecular formula is C21H20F4N2O4S2. The summed E-state index contributed by atoms with van der Waals surface area (Å²) in [5.74, 6) is -6.90. The first kappa shape index (κ1) is 25.0. The lowest BCUT2D eigenvalue weighted by Gasteiger charge is -2.27. The fourth-order valence-corrected chi connectivity index (χ4v) is 5.23. The normalized spacial score (nSPS) is 18.6. The SMILES string of the molecule is CS(=O)(=O)NC(=O)C1CCC(Sc2cc(C(=O)Nc3cc(F)c(F)c(F)c3)ccc2F)CC1. The maximum atomic E-state index is 14.3. The molecule has 2 aromatic carbocycles. The second-order valence-corrected chi connectivity index (χ2v) is 10.8. The molecule has 0 radical (unpaired) electrons. The van der Waals surface area contributed by atoms with Crippen LogP contribution in [0.25, 0.3) is 0 Å². The summed E-state index contributed by atoms with van der Waals surface area (Å²) in [6.07, 6.45) is 2.85. The average molecular weight is 505 g/mol. The van der Waals surface area contributed by atoms with E-state index in [9.17, 15) is 35.6 Å². The summed E-state index contributed by atoms with van der Waals surface area (Å²) >= 11 is 1.19. The molecule has 0 aliphatic heterocycles. The van der Waals surface area contributed by atoms with Gasteiger partial charge in [0.05, 0.1) is 6.26 Å². The second-order valence-electron chi connectivity index (χ2n) is 7.68. The van der Waals surface area contributed by atoms with E-state index < -0.39 is 51.0 Å². The van der Waals surface area contributed by atoms with Crippen molar-refractivity contribution in [1.29, 1.82) is 0 Å². The Balaban J connectivity index is 1.64. The highest BCUT2D eigenvalue weighted by molar-refractivity contribution is 8.00. The van der Waals surface area contributed by atoms with Crippen LogP contribution in [0.2, 0.25) is 0 Å². The first-order chi connectivity index (χ1) is 15.4. The third-order valence-corrected chi connectivity index (χ3v) is 7.00. The van der Waals surface area contributed by atoms with Gasteiger partial charge in [0, 0.05) is 39.4 Å². The van der Waals surface area contributed by atoms with E-state index in [0.717, 1.165) is 12.3 Å². The molecule has 12 heteroatoms. The zero-order chi connectivity index (χ0) is 24.3. The van der Waals surface area contributed by atoms with Gasteiger partial charge < -0.3 is 5.32 Å². The maximum Gasteiger partial charge on any atom is 0.255 e. The monoisotopic (exact) mass is 504 g/mol. The van der Waals surface area contributed by atoms with Gasteiger partial charge in [-0.1, -0.05) is 0 Å². The molecule has 178 valence electrons. The summed E-state index contributed by atoms with van der Waals surface area (Å²) in [5, 5.41) is 2.19. The number of rotatable bonds is 6. The van der Waals surface area contributed by atoms with Gasteiger partial charge in [0.15, 0.2) is 17.5 Å². The van der Waals surface area contributed by atoms with Crippen LogP contribution < -0.4 is 10.0 Å². The van der Waals surface area contributed by atoms with Crippen LogP contribution in [0.4, 0.5) is 23.2 Å². The average Bonchev–Trinajstić information content (AvgIpc) is 2.72.